The Morgan fingerprint density at radius 2 is 1.75 bits per heavy atom. The molecule has 0 aromatic rings. The zero-order chi connectivity index (χ0) is 9.23. The summed E-state index contributed by atoms with van der Waals surface area (Å²) in [7, 11) is 4.16. The first-order valence-corrected chi connectivity index (χ1v) is 4.69. The Morgan fingerprint density at radius 1 is 1.08 bits per heavy atom. The second-order valence-corrected chi connectivity index (χ2v) is 3.30. The van der Waals surface area contributed by atoms with Crippen molar-refractivity contribution in [3.8, 4) is 0 Å². The number of hydrogen-bond acceptors (Lipinski definition) is 2. The second kappa shape index (κ2) is 8.94. The smallest absolute Gasteiger partial charge is 0.0906 e. The fraction of sp³-hybridized carbons (Fsp3) is 1.00. The standard InChI is InChI=1S/C9H21FN2/c1-12(2)9-4-3-7-11-8-5-6-10/h11H,3-9H2,1-2H3. The predicted molar refractivity (Wildman–Crippen MR) is 51.2 cm³/mol. The van der Waals surface area contributed by atoms with E-state index in [1.54, 1.807) is 0 Å². The molecule has 0 atom stereocenters. The summed E-state index contributed by atoms with van der Waals surface area (Å²) in [6, 6.07) is 0. The molecule has 0 fully saturated rings. The molecule has 2 nitrogen and oxygen atoms in total. The lowest BCUT2D eigenvalue weighted by Gasteiger charge is -2.08. The van der Waals surface area contributed by atoms with Gasteiger partial charge in [-0.3, -0.25) is 4.39 Å². The Balaban J connectivity index is 2.82. The lowest BCUT2D eigenvalue weighted by atomic mass is 10.3. The number of unbranched alkanes of at least 4 members (excludes halogenated alkanes) is 1. The topological polar surface area (TPSA) is 15.3 Å². The van der Waals surface area contributed by atoms with Crippen molar-refractivity contribution in [1.29, 1.82) is 0 Å². The molecule has 0 aromatic heterocycles. The molecule has 0 rings (SSSR count). The summed E-state index contributed by atoms with van der Waals surface area (Å²) in [5.41, 5.74) is 0. The number of hydrogen-bond donors (Lipinski definition) is 1. The van der Waals surface area contributed by atoms with Crippen LogP contribution < -0.4 is 5.32 Å². The molecule has 0 radical (unpaired) electrons. The van der Waals surface area contributed by atoms with Crippen molar-refractivity contribution in [2.45, 2.75) is 19.3 Å². The third kappa shape index (κ3) is 9.85. The largest absolute Gasteiger partial charge is 0.317 e. The fourth-order valence-corrected chi connectivity index (χ4v) is 0.995. The number of halogens is 1. The molecule has 1 N–H and O–H groups in total. The van der Waals surface area contributed by atoms with Crippen LogP contribution in [-0.4, -0.2) is 45.3 Å². The van der Waals surface area contributed by atoms with Gasteiger partial charge in [0, 0.05) is 0 Å². The average molecular weight is 176 g/mol. The van der Waals surface area contributed by atoms with Crippen LogP contribution in [0.1, 0.15) is 19.3 Å². The second-order valence-electron chi connectivity index (χ2n) is 3.30. The van der Waals surface area contributed by atoms with E-state index in [1.807, 2.05) is 0 Å². The van der Waals surface area contributed by atoms with E-state index >= 15 is 0 Å². The Hall–Kier alpha value is -0.150. The highest BCUT2D eigenvalue weighted by molar-refractivity contribution is 4.50. The normalized spacial score (nSPS) is 11.0. The Kier molecular flexibility index (Phi) is 8.83. The van der Waals surface area contributed by atoms with E-state index in [2.05, 4.69) is 24.3 Å². The quantitative estimate of drug-likeness (QED) is 0.560. The minimum atomic E-state index is -0.204. The van der Waals surface area contributed by atoms with Crippen LogP contribution in [0.15, 0.2) is 0 Å². The first kappa shape index (κ1) is 11.8. The summed E-state index contributed by atoms with van der Waals surface area (Å²) < 4.78 is 11.6. The van der Waals surface area contributed by atoms with Gasteiger partial charge in [-0.25, -0.2) is 0 Å². The van der Waals surface area contributed by atoms with Crippen LogP contribution in [0.2, 0.25) is 0 Å². The SMILES string of the molecule is CN(C)CCCCNCCCF. The summed E-state index contributed by atoms with van der Waals surface area (Å²) in [4.78, 5) is 2.18. The molecule has 0 aliphatic rings. The molecule has 0 aliphatic heterocycles. The zero-order valence-electron chi connectivity index (χ0n) is 8.27. The lowest BCUT2D eigenvalue weighted by molar-refractivity contribution is 0.390. The van der Waals surface area contributed by atoms with Crippen molar-refractivity contribution in [3.63, 3.8) is 0 Å². The monoisotopic (exact) mass is 176 g/mol. The van der Waals surface area contributed by atoms with Gasteiger partial charge in [-0.15, -0.1) is 0 Å². The molecule has 0 unspecified atom stereocenters. The third-order valence-electron chi connectivity index (χ3n) is 1.70. The van der Waals surface area contributed by atoms with E-state index in [1.165, 1.54) is 12.8 Å². The van der Waals surface area contributed by atoms with Gasteiger partial charge in [-0.05, 0) is 53.0 Å². The minimum absolute atomic E-state index is 0.204. The van der Waals surface area contributed by atoms with Crippen LogP contribution in [0.25, 0.3) is 0 Å². The van der Waals surface area contributed by atoms with Gasteiger partial charge in [-0.2, -0.15) is 0 Å². The van der Waals surface area contributed by atoms with E-state index in [4.69, 9.17) is 0 Å². The first-order valence-electron chi connectivity index (χ1n) is 4.69. The van der Waals surface area contributed by atoms with Gasteiger partial charge in [0.15, 0.2) is 0 Å². The molecule has 74 valence electrons. The fourth-order valence-electron chi connectivity index (χ4n) is 0.995. The van der Waals surface area contributed by atoms with Crippen LogP contribution >= 0.6 is 0 Å². The van der Waals surface area contributed by atoms with E-state index in [0.717, 1.165) is 19.6 Å². The molecule has 12 heavy (non-hydrogen) atoms. The third-order valence-corrected chi connectivity index (χ3v) is 1.70. The average Bonchev–Trinajstić information content (AvgIpc) is 2.02. The van der Waals surface area contributed by atoms with Crippen molar-refractivity contribution in [2.75, 3.05) is 40.4 Å². The molecule has 0 saturated carbocycles. The summed E-state index contributed by atoms with van der Waals surface area (Å²) in [6.07, 6.45) is 3.05. The lowest BCUT2D eigenvalue weighted by Crippen LogP contribution is -2.19. The minimum Gasteiger partial charge on any atom is -0.317 e. The molecule has 0 bridgehead atoms. The van der Waals surface area contributed by atoms with Gasteiger partial charge in [0.05, 0.1) is 6.67 Å². The van der Waals surface area contributed by atoms with E-state index in [-0.39, 0.29) is 6.67 Å². The number of nitrogens with one attached hydrogen (secondary N) is 1. The van der Waals surface area contributed by atoms with Gasteiger partial charge < -0.3 is 10.2 Å². The number of rotatable bonds is 8. The summed E-state index contributed by atoms with van der Waals surface area (Å²) in [5.74, 6) is 0. The predicted octanol–water partition coefficient (Wildman–Crippen LogP) is 1.28. The van der Waals surface area contributed by atoms with Crippen molar-refractivity contribution in [1.82, 2.24) is 10.2 Å². The van der Waals surface area contributed by atoms with Gasteiger partial charge in [-0.1, -0.05) is 0 Å². The van der Waals surface area contributed by atoms with E-state index < -0.39 is 0 Å². The summed E-state index contributed by atoms with van der Waals surface area (Å²) in [5, 5.41) is 3.20. The zero-order valence-corrected chi connectivity index (χ0v) is 8.27. The molecule has 0 saturated heterocycles. The molecular formula is C9H21FN2. The van der Waals surface area contributed by atoms with Gasteiger partial charge in [0.1, 0.15) is 0 Å². The van der Waals surface area contributed by atoms with Crippen molar-refractivity contribution in [3.05, 3.63) is 0 Å². The molecule has 0 amide bonds. The van der Waals surface area contributed by atoms with Gasteiger partial charge in [0.2, 0.25) is 0 Å². The van der Waals surface area contributed by atoms with Crippen molar-refractivity contribution >= 4 is 0 Å². The van der Waals surface area contributed by atoms with Crippen LogP contribution in [0.4, 0.5) is 4.39 Å². The van der Waals surface area contributed by atoms with Crippen molar-refractivity contribution < 1.29 is 4.39 Å². The van der Waals surface area contributed by atoms with E-state index in [0.29, 0.717) is 6.42 Å². The van der Waals surface area contributed by atoms with Gasteiger partial charge in [0.25, 0.3) is 0 Å². The highest BCUT2D eigenvalue weighted by Gasteiger charge is 1.90. The summed E-state index contributed by atoms with van der Waals surface area (Å²) in [6.45, 7) is 2.78. The van der Waals surface area contributed by atoms with Gasteiger partial charge >= 0.3 is 0 Å². The Labute approximate surface area is 75.1 Å². The molecule has 3 heteroatoms. The molecule has 0 aliphatic carbocycles. The van der Waals surface area contributed by atoms with E-state index in [9.17, 15) is 4.39 Å². The highest BCUT2D eigenvalue weighted by atomic mass is 19.1. The molecular weight excluding hydrogens is 155 g/mol. The van der Waals surface area contributed by atoms with Crippen LogP contribution in [-0.2, 0) is 0 Å². The van der Waals surface area contributed by atoms with Crippen LogP contribution in [0.3, 0.4) is 0 Å². The molecule has 0 aromatic carbocycles. The number of alkyl halides is 1. The van der Waals surface area contributed by atoms with Crippen molar-refractivity contribution in [2.24, 2.45) is 0 Å². The highest BCUT2D eigenvalue weighted by Crippen LogP contribution is 1.88. The summed E-state index contributed by atoms with van der Waals surface area (Å²) >= 11 is 0. The Morgan fingerprint density at radius 3 is 2.33 bits per heavy atom. The molecule has 0 heterocycles. The van der Waals surface area contributed by atoms with Crippen LogP contribution in [0.5, 0.6) is 0 Å². The number of nitrogens with zero attached hydrogens (tertiary/aromatic N) is 1. The maximum atomic E-state index is 11.6. The van der Waals surface area contributed by atoms with Crippen LogP contribution in [0, 0.1) is 0 Å². The molecule has 0 spiro atoms. The maximum Gasteiger partial charge on any atom is 0.0906 e. The first-order chi connectivity index (χ1) is 5.77. The Bertz CT molecular complexity index is 86.6. The maximum absolute atomic E-state index is 11.6.